The molecule has 0 atom stereocenters. The molecule has 0 unspecified atom stereocenters. The van der Waals surface area contributed by atoms with E-state index in [2.05, 4.69) is 11.9 Å². The van der Waals surface area contributed by atoms with Crippen molar-refractivity contribution in [1.82, 2.24) is 4.98 Å². The summed E-state index contributed by atoms with van der Waals surface area (Å²) >= 11 is 0. The van der Waals surface area contributed by atoms with Crippen LogP contribution in [0.1, 0.15) is 42.7 Å². The standard InChI is InChI=1S/C16H22N2O3/c1-3-5-8-21-11-6-7-14-12(9-11)13(10-17)15(18-14)16(19)20-4-2/h6-7,9,18H,3-5,8,10,17H2,1-2H3. The zero-order valence-corrected chi connectivity index (χ0v) is 12.6. The van der Waals surface area contributed by atoms with Gasteiger partial charge in [0.2, 0.25) is 0 Å². The number of nitrogens with one attached hydrogen (secondary N) is 1. The largest absolute Gasteiger partial charge is 0.494 e. The summed E-state index contributed by atoms with van der Waals surface area (Å²) in [6.45, 7) is 5.20. The lowest BCUT2D eigenvalue weighted by atomic mass is 10.1. The minimum Gasteiger partial charge on any atom is -0.494 e. The molecular weight excluding hydrogens is 268 g/mol. The Bertz CT molecular complexity index is 619. The predicted molar refractivity (Wildman–Crippen MR) is 82.5 cm³/mol. The van der Waals surface area contributed by atoms with Gasteiger partial charge in [0.1, 0.15) is 11.4 Å². The van der Waals surface area contributed by atoms with Crippen LogP contribution in [-0.4, -0.2) is 24.2 Å². The SMILES string of the molecule is CCCCOc1ccc2[nH]c(C(=O)OCC)c(CN)c2c1. The van der Waals surface area contributed by atoms with Crippen molar-refractivity contribution >= 4 is 16.9 Å². The second kappa shape index (κ2) is 7.13. The molecule has 0 radical (unpaired) electrons. The summed E-state index contributed by atoms with van der Waals surface area (Å²) in [5, 5.41) is 0.912. The molecule has 0 spiro atoms. The van der Waals surface area contributed by atoms with Crippen LogP contribution in [0.5, 0.6) is 5.75 Å². The first kappa shape index (κ1) is 15.4. The highest BCUT2D eigenvalue weighted by molar-refractivity contribution is 5.98. The van der Waals surface area contributed by atoms with Crippen LogP contribution in [0.3, 0.4) is 0 Å². The highest BCUT2D eigenvalue weighted by Crippen LogP contribution is 2.27. The number of ether oxygens (including phenoxy) is 2. The van der Waals surface area contributed by atoms with E-state index in [1.165, 1.54) is 0 Å². The molecule has 0 amide bonds. The molecule has 1 aromatic carbocycles. The minimum atomic E-state index is -0.373. The van der Waals surface area contributed by atoms with Gasteiger partial charge in [0, 0.05) is 23.0 Å². The van der Waals surface area contributed by atoms with Gasteiger partial charge in [0.05, 0.1) is 13.2 Å². The molecule has 114 valence electrons. The van der Waals surface area contributed by atoms with Crippen LogP contribution >= 0.6 is 0 Å². The molecule has 0 saturated carbocycles. The van der Waals surface area contributed by atoms with E-state index >= 15 is 0 Å². The lowest BCUT2D eigenvalue weighted by molar-refractivity contribution is 0.0519. The number of hydrogen-bond acceptors (Lipinski definition) is 4. The number of carbonyl (C=O) groups excluding carboxylic acids is 1. The van der Waals surface area contributed by atoms with Crippen LogP contribution < -0.4 is 10.5 Å². The molecule has 0 aliphatic rings. The smallest absolute Gasteiger partial charge is 0.355 e. The minimum absolute atomic E-state index is 0.270. The van der Waals surface area contributed by atoms with Crippen molar-refractivity contribution < 1.29 is 14.3 Å². The van der Waals surface area contributed by atoms with Crippen molar-refractivity contribution in [2.45, 2.75) is 33.2 Å². The van der Waals surface area contributed by atoms with E-state index in [9.17, 15) is 4.79 Å². The topological polar surface area (TPSA) is 77.3 Å². The number of aromatic nitrogens is 1. The first-order valence-corrected chi connectivity index (χ1v) is 7.35. The summed E-state index contributed by atoms with van der Waals surface area (Å²) < 4.78 is 10.8. The van der Waals surface area contributed by atoms with Gasteiger partial charge >= 0.3 is 5.97 Å². The Morgan fingerprint density at radius 1 is 1.33 bits per heavy atom. The Morgan fingerprint density at radius 3 is 2.81 bits per heavy atom. The predicted octanol–water partition coefficient (Wildman–Crippen LogP) is 2.98. The van der Waals surface area contributed by atoms with E-state index in [0.29, 0.717) is 18.9 Å². The quantitative estimate of drug-likeness (QED) is 0.607. The fourth-order valence-electron chi connectivity index (χ4n) is 2.24. The fourth-order valence-corrected chi connectivity index (χ4v) is 2.24. The fraction of sp³-hybridized carbons (Fsp3) is 0.438. The van der Waals surface area contributed by atoms with Crippen molar-refractivity contribution in [3.63, 3.8) is 0 Å². The lowest BCUT2D eigenvalue weighted by Crippen LogP contribution is -2.10. The lowest BCUT2D eigenvalue weighted by Gasteiger charge is -2.05. The third-order valence-electron chi connectivity index (χ3n) is 3.33. The van der Waals surface area contributed by atoms with Gasteiger partial charge in [-0.2, -0.15) is 0 Å². The summed E-state index contributed by atoms with van der Waals surface area (Å²) in [4.78, 5) is 15.0. The van der Waals surface area contributed by atoms with Gasteiger partial charge in [0.25, 0.3) is 0 Å². The average molecular weight is 290 g/mol. The van der Waals surface area contributed by atoms with Crippen LogP contribution in [0.25, 0.3) is 10.9 Å². The first-order valence-electron chi connectivity index (χ1n) is 7.35. The van der Waals surface area contributed by atoms with Crippen molar-refractivity contribution in [3.05, 3.63) is 29.5 Å². The number of unbranched alkanes of at least 4 members (excludes halogenated alkanes) is 1. The summed E-state index contributed by atoms with van der Waals surface area (Å²) in [6, 6.07) is 5.72. The number of nitrogens with two attached hydrogens (primary N) is 1. The molecule has 1 heterocycles. The van der Waals surface area contributed by atoms with Crippen LogP contribution in [0.2, 0.25) is 0 Å². The molecule has 21 heavy (non-hydrogen) atoms. The van der Waals surface area contributed by atoms with Crippen molar-refractivity contribution in [2.24, 2.45) is 5.73 Å². The molecule has 0 bridgehead atoms. The molecule has 2 rings (SSSR count). The average Bonchev–Trinajstić information content (AvgIpc) is 2.85. The maximum atomic E-state index is 11.9. The third kappa shape index (κ3) is 3.36. The zero-order chi connectivity index (χ0) is 15.2. The van der Waals surface area contributed by atoms with Crippen molar-refractivity contribution in [2.75, 3.05) is 13.2 Å². The zero-order valence-electron chi connectivity index (χ0n) is 12.6. The van der Waals surface area contributed by atoms with E-state index in [0.717, 1.165) is 35.1 Å². The molecule has 0 aliphatic heterocycles. The van der Waals surface area contributed by atoms with Crippen LogP contribution in [0.4, 0.5) is 0 Å². The summed E-state index contributed by atoms with van der Waals surface area (Å²) in [5.41, 5.74) is 7.86. The summed E-state index contributed by atoms with van der Waals surface area (Å²) in [5.74, 6) is 0.419. The highest BCUT2D eigenvalue weighted by Gasteiger charge is 2.18. The number of aromatic amines is 1. The molecule has 0 saturated heterocycles. The Hall–Kier alpha value is -2.01. The molecule has 0 fully saturated rings. The molecule has 3 N–H and O–H groups in total. The van der Waals surface area contributed by atoms with Crippen LogP contribution in [0, 0.1) is 0 Å². The molecule has 5 heteroatoms. The van der Waals surface area contributed by atoms with Gasteiger partial charge < -0.3 is 20.2 Å². The molecule has 5 nitrogen and oxygen atoms in total. The molecular formula is C16H22N2O3. The summed E-state index contributed by atoms with van der Waals surface area (Å²) in [6.07, 6.45) is 2.11. The van der Waals surface area contributed by atoms with E-state index in [-0.39, 0.29) is 12.5 Å². The molecule has 2 aromatic rings. The van der Waals surface area contributed by atoms with Crippen molar-refractivity contribution in [1.29, 1.82) is 0 Å². The van der Waals surface area contributed by atoms with E-state index in [4.69, 9.17) is 15.2 Å². The highest BCUT2D eigenvalue weighted by atomic mass is 16.5. The maximum Gasteiger partial charge on any atom is 0.355 e. The number of fused-ring (bicyclic) bond motifs is 1. The van der Waals surface area contributed by atoms with Crippen LogP contribution in [-0.2, 0) is 11.3 Å². The number of H-pyrrole nitrogens is 1. The third-order valence-corrected chi connectivity index (χ3v) is 3.33. The van der Waals surface area contributed by atoms with Crippen molar-refractivity contribution in [3.8, 4) is 5.75 Å². The molecule has 1 aromatic heterocycles. The summed E-state index contributed by atoms with van der Waals surface area (Å²) in [7, 11) is 0. The number of rotatable bonds is 7. The Kier molecular flexibility index (Phi) is 5.22. The first-order chi connectivity index (χ1) is 10.2. The number of benzene rings is 1. The van der Waals surface area contributed by atoms with Gasteiger partial charge in [-0.3, -0.25) is 0 Å². The van der Waals surface area contributed by atoms with Gasteiger partial charge in [-0.1, -0.05) is 13.3 Å². The Balaban J connectivity index is 2.34. The second-order valence-electron chi connectivity index (χ2n) is 4.81. The monoisotopic (exact) mass is 290 g/mol. The number of hydrogen-bond donors (Lipinski definition) is 2. The number of carbonyl (C=O) groups is 1. The second-order valence-corrected chi connectivity index (χ2v) is 4.81. The van der Waals surface area contributed by atoms with E-state index in [1.807, 2.05) is 18.2 Å². The van der Waals surface area contributed by atoms with Gasteiger partial charge in [-0.05, 0) is 31.5 Å². The molecule has 0 aliphatic carbocycles. The van der Waals surface area contributed by atoms with Gasteiger partial charge in [-0.25, -0.2) is 4.79 Å². The number of esters is 1. The van der Waals surface area contributed by atoms with Gasteiger partial charge in [-0.15, -0.1) is 0 Å². The van der Waals surface area contributed by atoms with Gasteiger partial charge in [0.15, 0.2) is 0 Å². The van der Waals surface area contributed by atoms with E-state index < -0.39 is 0 Å². The Morgan fingerprint density at radius 2 is 2.14 bits per heavy atom. The van der Waals surface area contributed by atoms with E-state index in [1.54, 1.807) is 6.92 Å². The normalized spacial score (nSPS) is 10.8. The maximum absolute atomic E-state index is 11.9. The Labute approximate surface area is 124 Å². The van der Waals surface area contributed by atoms with Crippen LogP contribution in [0.15, 0.2) is 18.2 Å².